The minimum Gasteiger partial charge on any atom is -0.481 e. The number of hydrogen-bond donors (Lipinski definition) is 2. The van der Waals surface area contributed by atoms with Crippen LogP contribution in [0.25, 0.3) is 0 Å². The number of hydrogen-bond acceptors (Lipinski definition) is 6. The third kappa shape index (κ3) is 5.11. The number of ether oxygens (including phenoxy) is 1. The number of aromatic nitrogens is 2. The monoisotopic (exact) mass is 440 g/mol. The highest BCUT2D eigenvalue weighted by Gasteiger charge is 2.29. The first-order valence-electron chi connectivity index (χ1n) is 10.5. The number of aryl methyl sites for hydroxylation is 1. The minimum atomic E-state index is -0.928. The second-order valence-electron chi connectivity index (χ2n) is 7.58. The number of nitrogens with two attached hydrogens (primary N) is 1. The van der Waals surface area contributed by atoms with Crippen molar-refractivity contribution in [2.45, 2.75) is 52.8 Å². The molecular formula is C23H28N4O5. The van der Waals surface area contributed by atoms with Gasteiger partial charge in [-0.3, -0.25) is 24.0 Å². The van der Waals surface area contributed by atoms with Crippen LogP contribution in [0.1, 0.15) is 38.0 Å². The molecule has 0 aliphatic carbocycles. The number of anilines is 2. The van der Waals surface area contributed by atoms with Crippen LogP contribution >= 0.6 is 0 Å². The standard InChI is InChI=1S/C23H28N4O5/c1-4-5-12-26-20(24)19(21(28)25-23(26)30)27(14-18-7-6-13-31-18)22(29)16(3)32-17-10-8-15(2)9-11-17/h6-11,13,16H,4-5,12,14,24H2,1-3H3,(H,25,28,30). The number of aromatic amines is 1. The van der Waals surface area contributed by atoms with Crippen LogP contribution in [0.15, 0.2) is 56.7 Å². The first kappa shape index (κ1) is 22.9. The zero-order valence-electron chi connectivity index (χ0n) is 18.5. The first-order valence-corrected chi connectivity index (χ1v) is 10.5. The van der Waals surface area contributed by atoms with Gasteiger partial charge in [0.25, 0.3) is 11.5 Å². The number of nitrogens with zero attached hydrogens (tertiary/aromatic N) is 2. The molecule has 0 saturated carbocycles. The Bertz CT molecular complexity index is 1160. The third-order valence-electron chi connectivity index (χ3n) is 5.06. The van der Waals surface area contributed by atoms with E-state index in [0.717, 1.165) is 12.0 Å². The molecule has 9 nitrogen and oxygen atoms in total. The SMILES string of the molecule is CCCCn1c(N)c(N(Cc2ccco2)C(=O)C(C)Oc2ccc(C)cc2)c(=O)[nH]c1=O. The summed E-state index contributed by atoms with van der Waals surface area (Å²) in [5.74, 6) is 0.393. The molecule has 0 aliphatic rings. The minimum absolute atomic E-state index is 0.0489. The lowest BCUT2D eigenvalue weighted by Crippen LogP contribution is -2.45. The van der Waals surface area contributed by atoms with Crippen molar-refractivity contribution in [3.8, 4) is 5.75 Å². The van der Waals surface area contributed by atoms with Crippen LogP contribution in [0.4, 0.5) is 11.5 Å². The average molecular weight is 441 g/mol. The highest BCUT2D eigenvalue weighted by Crippen LogP contribution is 2.23. The van der Waals surface area contributed by atoms with Crippen LogP contribution in [0.3, 0.4) is 0 Å². The van der Waals surface area contributed by atoms with Gasteiger partial charge in [0.1, 0.15) is 17.3 Å². The molecule has 2 heterocycles. The van der Waals surface area contributed by atoms with Gasteiger partial charge < -0.3 is 14.9 Å². The van der Waals surface area contributed by atoms with Crippen molar-refractivity contribution >= 4 is 17.4 Å². The molecule has 3 aromatic rings. The van der Waals surface area contributed by atoms with Crippen LogP contribution in [-0.2, 0) is 17.9 Å². The van der Waals surface area contributed by atoms with E-state index in [0.29, 0.717) is 24.5 Å². The van der Waals surface area contributed by atoms with Gasteiger partial charge in [0, 0.05) is 6.54 Å². The predicted octanol–water partition coefficient (Wildman–Crippen LogP) is 2.82. The fourth-order valence-corrected chi connectivity index (χ4v) is 3.29. The third-order valence-corrected chi connectivity index (χ3v) is 5.06. The van der Waals surface area contributed by atoms with Crippen LogP contribution in [0, 0.1) is 6.92 Å². The summed E-state index contributed by atoms with van der Waals surface area (Å²) in [4.78, 5) is 42.0. The van der Waals surface area contributed by atoms with E-state index in [1.807, 2.05) is 26.0 Å². The number of amides is 1. The summed E-state index contributed by atoms with van der Waals surface area (Å²) >= 11 is 0. The topological polar surface area (TPSA) is 124 Å². The molecule has 1 atom stereocenters. The maximum atomic E-state index is 13.4. The van der Waals surface area contributed by atoms with Gasteiger partial charge in [0.05, 0.1) is 12.8 Å². The number of carbonyl (C=O) groups excluding carboxylic acids is 1. The van der Waals surface area contributed by atoms with Crippen LogP contribution < -0.4 is 26.6 Å². The van der Waals surface area contributed by atoms with Gasteiger partial charge in [0.2, 0.25) is 0 Å². The molecule has 3 rings (SSSR count). The van der Waals surface area contributed by atoms with Crippen LogP contribution in [-0.4, -0.2) is 21.6 Å². The Balaban J connectivity index is 2.00. The molecule has 0 saturated heterocycles. The van der Waals surface area contributed by atoms with Crippen molar-refractivity contribution in [1.82, 2.24) is 9.55 Å². The van der Waals surface area contributed by atoms with Gasteiger partial charge in [-0.25, -0.2) is 4.79 Å². The second kappa shape index (κ2) is 10.0. The molecule has 0 aliphatic heterocycles. The van der Waals surface area contributed by atoms with E-state index in [2.05, 4.69) is 4.98 Å². The van der Waals surface area contributed by atoms with E-state index in [1.54, 1.807) is 31.2 Å². The summed E-state index contributed by atoms with van der Waals surface area (Å²) in [6, 6.07) is 10.6. The lowest BCUT2D eigenvalue weighted by molar-refractivity contribution is -0.124. The molecule has 1 aromatic carbocycles. The molecule has 0 radical (unpaired) electrons. The lowest BCUT2D eigenvalue weighted by atomic mass is 10.2. The van der Waals surface area contributed by atoms with E-state index in [4.69, 9.17) is 14.9 Å². The van der Waals surface area contributed by atoms with Crippen molar-refractivity contribution in [2.75, 3.05) is 10.6 Å². The number of benzene rings is 1. The lowest BCUT2D eigenvalue weighted by Gasteiger charge is -2.26. The zero-order chi connectivity index (χ0) is 23.3. The summed E-state index contributed by atoms with van der Waals surface area (Å²) in [6.45, 7) is 5.79. The van der Waals surface area contributed by atoms with Crippen molar-refractivity contribution in [1.29, 1.82) is 0 Å². The first-order chi connectivity index (χ1) is 15.3. The van der Waals surface area contributed by atoms with Gasteiger partial charge in [-0.1, -0.05) is 31.0 Å². The summed E-state index contributed by atoms with van der Waals surface area (Å²) in [5.41, 5.74) is 5.83. The Morgan fingerprint density at radius 3 is 2.59 bits per heavy atom. The molecule has 0 fully saturated rings. The Morgan fingerprint density at radius 2 is 1.97 bits per heavy atom. The van der Waals surface area contributed by atoms with Gasteiger partial charge >= 0.3 is 5.69 Å². The molecule has 170 valence electrons. The van der Waals surface area contributed by atoms with E-state index in [9.17, 15) is 14.4 Å². The second-order valence-corrected chi connectivity index (χ2v) is 7.58. The van der Waals surface area contributed by atoms with E-state index in [-0.39, 0.29) is 18.1 Å². The molecule has 9 heteroatoms. The number of unbranched alkanes of at least 4 members (excludes halogenated alkanes) is 1. The summed E-state index contributed by atoms with van der Waals surface area (Å²) in [5, 5.41) is 0. The molecule has 0 spiro atoms. The molecule has 32 heavy (non-hydrogen) atoms. The van der Waals surface area contributed by atoms with Crippen LogP contribution in [0.2, 0.25) is 0 Å². The van der Waals surface area contributed by atoms with Crippen molar-refractivity contribution in [3.05, 3.63) is 74.8 Å². The van der Waals surface area contributed by atoms with Crippen molar-refractivity contribution in [2.24, 2.45) is 0 Å². The number of rotatable bonds is 9. The molecule has 1 unspecified atom stereocenters. The van der Waals surface area contributed by atoms with Gasteiger partial charge in [-0.2, -0.15) is 0 Å². The number of furan rings is 1. The largest absolute Gasteiger partial charge is 0.481 e. The number of H-pyrrole nitrogens is 1. The zero-order valence-corrected chi connectivity index (χ0v) is 18.5. The van der Waals surface area contributed by atoms with Crippen molar-refractivity contribution in [3.63, 3.8) is 0 Å². The normalized spacial score (nSPS) is 11.8. The highest BCUT2D eigenvalue weighted by atomic mass is 16.5. The van der Waals surface area contributed by atoms with Crippen molar-refractivity contribution < 1.29 is 13.9 Å². The molecule has 2 aromatic heterocycles. The van der Waals surface area contributed by atoms with E-state index < -0.39 is 23.3 Å². The van der Waals surface area contributed by atoms with E-state index in [1.165, 1.54) is 15.7 Å². The van der Waals surface area contributed by atoms with Gasteiger partial charge in [-0.15, -0.1) is 0 Å². The molecule has 0 bridgehead atoms. The fourth-order valence-electron chi connectivity index (χ4n) is 3.29. The van der Waals surface area contributed by atoms with Gasteiger partial charge in [0.15, 0.2) is 11.8 Å². The number of carbonyl (C=O) groups is 1. The number of nitrogen functional groups attached to an aromatic ring is 1. The Morgan fingerprint density at radius 1 is 1.25 bits per heavy atom. The Labute approximate surface area is 185 Å². The molecular weight excluding hydrogens is 412 g/mol. The maximum Gasteiger partial charge on any atom is 0.330 e. The summed E-state index contributed by atoms with van der Waals surface area (Å²) in [7, 11) is 0. The maximum absolute atomic E-state index is 13.4. The molecule has 1 amide bonds. The summed E-state index contributed by atoms with van der Waals surface area (Å²) < 4.78 is 12.5. The van der Waals surface area contributed by atoms with E-state index >= 15 is 0 Å². The summed E-state index contributed by atoms with van der Waals surface area (Å²) in [6.07, 6.45) is 2.06. The number of nitrogens with one attached hydrogen (secondary N) is 1. The smallest absolute Gasteiger partial charge is 0.330 e. The predicted molar refractivity (Wildman–Crippen MR) is 122 cm³/mol. The Kier molecular flexibility index (Phi) is 7.19. The van der Waals surface area contributed by atoms with Crippen LogP contribution in [0.5, 0.6) is 5.75 Å². The highest BCUT2D eigenvalue weighted by molar-refractivity contribution is 5.98. The average Bonchev–Trinajstić information content (AvgIpc) is 3.27. The quantitative estimate of drug-likeness (QED) is 0.527. The fraction of sp³-hybridized carbons (Fsp3) is 0.348. The molecule has 3 N–H and O–H groups in total. The van der Waals surface area contributed by atoms with Gasteiger partial charge in [-0.05, 0) is 44.5 Å². The Hall–Kier alpha value is -3.75.